The lowest BCUT2D eigenvalue weighted by molar-refractivity contribution is -0.117. The van der Waals surface area contributed by atoms with Crippen LogP contribution in [-0.2, 0) is 11.2 Å². The standard InChI is InChI=1S/C25H19Cl2N5O4S/c26-17-8-7-16(12-18(17)27)28-24(34)29-19(10-14-4-2-1-3-5-14)22(33)30-25-32-31-23(37-25)15-6-9-20-21(11-15)36-13-35-20/h1-9,11-12,19H,10,13H2,(H2,28,29,34)(H,30,32,33). The van der Waals surface area contributed by atoms with Crippen molar-refractivity contribution in [3.8, 4) is 22.1 Å². The van der Waals surface area contributed by atoms with Crippen molar-refractivity contribution in [2.45, 2.75) is 12.5 Å². The Balaban J connectivity index is 1.29. The van der Waals surface area contributed by atoms with Crippen LogP contribution < -0.4 is 25.4 Å². The molecule has 1 aromatic heterocycles. The van der Waals surface area contributed by atoms with E-state index < -0.39 is 18.0 Å². The fourth-order valence-electron chi connectivity index (χ4n) is 3.57. The molecule has 12 heteroatoms. The third-order valence-electron chi connectivity index (χ3n) is 5.36. The molecule has 3 N–H and O–H groups in total. The van der Waals surface area contributed by atoms with Gasteiger partial charge in [0.1, 0.15) is 11.0 Å². The highest BCUT2D eigenvalue weighted by atomic mass is 35.5. The predicted molar refractivity (Wildman–Crippen MR) is 143 cm³/mol. The van der Waals surface area contributed by atoms with Crippen LogP contribution in [0, 0.1) is 0 Å². The zero-order valence-electron chi connectivity index (χ0n) is 19.0. The fourth-order valence-corrected chi connectivity index (χ4v) is 4.61. The van der Waals surface area contributed by atoms with Crippen molar-refractivity contribution in [2.75, 3.05) is 17.4 Å². The van der Waals surface area contributed by atoms with E-state index in [0.29, 0.717) is 37.4 Å². The van der Waals surface area contributed by atoms with Gasteiger partial charge in [-0.1, -0.05) is 64.9 Å². The molecule has 37 heavy (non-hydrogen) atoms. The van der Waals surface area contributed by atoms with Crippen molar-refractivity contribution in [3.05, 3.63) is 82.3 Å². The Morgan fingerprint density at radius 3 is 2.54 bits per heavy atom. The van der Waals surface area contributed by atoms with E-state index in [9.17, 15) is 9.59 Å². The molecule has 0 fully saturated rings. The number of nitrogens with one attached hydrogen (secondary N) is 3. The third-order valence-corrected chi connectivity index (χ3v) is 6.98. The van der Waals surface area contributed by atoms with E-state index >= 15 is 0 Å². The lowest BCUT2D eigenvalue weighted by atomic mass is 10.1. The number of carbonyl (C=O) groups is 2. The Morgan fingerprint density at radius 2 is 1.73 bits per heavy atom. The molecule has 0 saturated heterocycles. The molecular weight excluding hydrogens is 537 g/mol. The number of ether oxygens (including phenoxy) is 2. The molecule has 3 aromatic carbocycles. The zero-order valence-corrected chi connectivity index (χ0v) is 21.4. The number of amides is 3. The molecule has 9 nitrogen and oxygen atoms in total. The first kappa shape index (κ1) is 24.8. The SMILES string of the molecule is O=C(Nc1ccc(Cl)c(Cl)c1)NC(Cc1ccccc1)C(=O)Nc1nnc(-c2ccc3c(c2)OCO3)s1. The number of fused-ring (bicyclic) bond motifs is 1. The van der Waals surface area contributed by atoms with Crippen LogP contribution in [0.1, 0.15) is 5.56 Å². The maximum Gasteiger partial charge on any atom is 0.319 e. The van der Waals surface area contributed by atoms with Gasteiger partial charge in [0.15, 0.2) is 11.5 Å². The third kappa shape index (κ3) is 6.11. The molecule has 0 saturated carbocycles. The summed E-state index contributed by atoms with van der Waals surface area (Å²) in [6.45, 7) is 0.171. The average molecular weight is 556 g/mol. The quantitative estimate of drug-likeness (QED) is 0.273. The average Bonchev–Trinajstić information content (AvgIpc) is 3.55. The largest absolute Gasteiger partial charge is 0.454 e. The minimum Gasteiger partial charge on any atom is -0.454 e. The molecule has 5 rings (SSSR count). The van der Waals surface area contributed by atoms with Crippen molar-refractivity contribution < 1.29 is 19.1 Å². The van der Waals surface area contributed by atoms with Gasteiger partial charge in [0.2, 0.25) is 17.8 Å². The number of urea groups is 1. The number of anilines is 2. The summed E-state index contributed by atoms with van der Waals surface area (Å²) in [6, 6.07) is 18.0. The molecule has 0 radical (unpaired) electrons. The van der Waals surface area contributed by atoms with Crippen LogP contribution in [0.5, 0.6) is 11.5 Å². The van der Waals surface area contributed by atoms with Crippen LogP contribution in [0.15, 0.2) is 66.7 Å². The normalized spacial score (nSPS) is 12.6. The first-order valence-electron chi connectivity index (χ1n) is 11.1. The minimum absolute atomic E-state index is 0.171. The van der Waals surface area contributed by atoms with Gasteiger partial charge in [0.05, 0.1) is 10.0 Å². The molecule has 4 aromatic rings. The highest BCUT2D eigenvalue weighted by Crippen LogP contribution is 2.37. The summed E-state index contributed by atoms with van der Waals surface area (Å²) in [5.74, 6) is 0.843. The molecule has 0 spiro atoms. The van der Waals surface area contributed by atoms with Crippen LogP contribution in [0.3, 0.4) is 0 Å². The Hall–Kier alpha value is -3.86. The fraction of sp³-hybridized carbons (Fsp3) is 0.120. The Labute approximate surface area is 225 Å². The Kier molecular flexibility index (Phi) is 7.40. The summed E-state index contributed by atoms with van der Waals surface area (Å²) in [7, 11) is 0. The highest BCUT2D eigenvalue weighted by molar-refractivity contribution is 7.18. The molecule has 2 heterocycles. The second-order valence-corrected chi connectivity index (χ2v) is 9.73. The van der Waals surface area contributed by atoms with E-state index in [-0.39, 0.29) is 13.2 Å². The molecule has 1 aliphatic rings. The van der Waals surface area contributed by atoms with E-state index in [1.165, 1.54) is 17.4 Å². The van der Waals surface area contributed by atoms with Gasteiger partial charge in [-0.05, 0) is 42.0 Å². The van der Waals surface area contributed by atoms with E-state index in [4.69, 9.17) is 32.7 Å². The lowest BCUT2D eigenvalue weighted by Gasteiger charge is -2.18. The van der Waals surface area contributed by atoms with Gasteiger partial charge in [-0.25, -0.2) is 4.79 Å². The number of benzene rings is 3. The Bertz CT molecular complexity index is 1450. The summed E-state index contributed by atoms with van der Waals surface area (Å²) in [4.78, 5) is 25.9. The van der Waals surface area contributed by atoms with Gasteiger partial charge >= 0.3 is 6.03 Å². The lowest BCUT2D eigenvalue weighted by Crippen LogP contribution is -2.46. The number of halogens is 2. The van der Waals surface area contributed by atoms with E-state index in [2.05, 4.69) is 26.1 Å². The van der Waals surface area contributed by atoms with Gasteiger partial charge in [-0.3, -0.25) is 10.1 Å². The van der Waals surface area contributed by atoms with Crippen LogP contribution in [0.2, 0.25) is 10.0 Å². The van der Waals surface area contributed by atoms with Crippen molar-refractivity contribution in [3.63, 3.8) is 0 Å². The van der Waals surface area contributed by atoms with Gasteiger partial charge in [0, 0.05) is 17.7 Å². The van der Waals surface area contributed by atoms with Gasteiger partial charge in [0.25, 0.3) is 0 Å². The molecule has 3 amide bonds. The molecule has 1 aliphatic heterocycles. The summed E-state index contributed by atoms with van der Waals surface area (Å²) in [6.07, 6.45) is 0.259. The van der Waals surface area contributed by atoms with Crippen LogP contribution in [-0.4, -0.2) is 35.0 Å². The highest BCUT2D eigenvalue weighted by Gasteiger charge is 2.23. The van der Waals surface area contributed by atoms with Crippen LogP contribution >= 0.6 is 34.5 Å². The molecule has 0 aliphatic carbocycles. The van der Waals surface area contributed by atoms with Gasteiger partial charge in [-0.15, -0.1) is 10.2 Å². The van der Waals surface area contributed by atoms with E-state index in [1.54, 1.807) is 18.2 Å². The molecule has 1 unspecified atom stereocenters. The minimum atomic E-state index is -0.900. The van der Waals surface area contributed by atoms with Crippen molar-refractivity contribution in [1.29, 1.82) is 0 Å². The predicted octanol–water partition coefficient (Wildman–Crippen LogP) is 5.61. The smallest absolute Gasteiger partial charge is 0.319 e. The number of rotatable bonds is 7. The second kappa shape index (κ2) is 11.0. The molecule has 1 atom stereocenters. The molecular formula is C25H19Cl2N5O4S. The number of hydrogen-bond acceptors (Lipinski definition) is 7. The van der Waals surface area contributed by atoms with E-state index in [1.807, 2.05) is 42.5 Å². The number of hydrogen-bond donors (Lipinski definition) is 3. The zero-order chi connectivity index (χ0) is 25.8. The van der Waals surface area contributed by atoms with Crippen LogP contribution in [0.25, 0.3) is 10.6 Å². The summed E-state index contributed by atoms with van der Waals surface area (Å²) < 4.78 is 10.8. The maximum atomic E-state index is 13.2. The second-order valence-electron chi connectivity index (χ2n) is 7.94. The van der Waals surface area contributed by atoms with Crippen LogP contribution in [0.4, 0.5) is 15.6 Å². The summed E-state index contributed by atoms with van der Waals surface area (Å²) >= 11 is 13.2. The number of nitrogens with zero attached hydrogens (tertiary/aromatic N) is 2. The first-order chi connectivity index (χ1) is 17.9. The van der Waals surface area contributed by atoms with E-state index in [0.717, 1.165) is 11.1 Å². The van der Waals surface area contributed by atoms with Gasteiger partial charge < -0.3 is 20.1 Å². The van der Waals surface area contributed by atoms with Crippen molar-refractivity contribution in [2.24, 2.45) is 0 Å². The number of aromatic nitrogens is 2. The van der Waals surface area contributed by atoms with Crippen molar-refractivity contribution >= 4 is 57.3 Å². The van der Waals surface area contributed by atoms with Crippen molar-refractivity contribution in [1.82, 2.24) is 15.5 Å². The summed E-state index contributed by atoms with van der Waals surface area (Å²) in [5, 5.41) is 18.0. The monoisotopic (exact) mass is 555 g/mol. The number of carbonyl (C=O) groups excluding carboxylic acids is 2. The summed E-state index contributed by atoms with van der Waals surface area (Å²) in [5.41, 5.74) is 2.08. The molecule has 0 bridgehead atoms. The van der Waals surface area contributed by atoms with Gasteiger partial charge in [-0.2, -0.15) is 0 Å². The Morgan fingerprint density at radius 1 is 0.919 bits per heavy atom. The topological polar surface area (TPSA) is 114 Å². The molecule has 188 valence electrons. The first-order valence-corrected chi connectivity index (χ1v) is 12.6. The maximum absolute atomic E-state index is 13.2.